The minimum Gasteiger partial charge on any atom is -0.315 e. The van der Waals surface area contributed by atoms with Crippen LogP contribution in [-0.4, -0.2) is 27.0 Å². The summed E-state index contributed by atoms with van der Waals surface area (Å²) in [5.74, 6) is 0. The zero-order chi connectivity index (χ0) is 13.4. The van der Waals surface area contributed by atoms with E-state index in [1.165, 1.54) is 18.2 Å². The van der Waals surface area contributed by atoms with E-state index in [1.54, 1.807) is 0 Å². The Morgan fingerprint density at radius 2 is 1.89 bits per heavy atom. The Labute approximate surface area is 117 Å². The summed E-state index contributed by atoms with van der Waals surface area (Å²) < 4.78 is 27.2. The molecule has 4 nitrogen and oxygen atoms in total. The van der Waals surface area contributed by atoms with Crippen molar-refractivity contribution < 1.29 is 8.42 Å². The highest BCUT2D eigenvalue weighted by molar-refractivity contribution is 7.89. The number of hydrogen-bond acceptors (Lipinski definition) is 3. The van der Waals surface area contributed by atoms with Gasteiger partial charge >= 0.3 is 0 Å². The van der Waals surface area contributed by atoms with Gasteiger partial charge in [0.25, 0.3) is 0 Å². The fraction of sp³-hybridized carbons (Fsp3) is 0.455. The summed E-state index contributed by atoms with van der Waals surface area (Å²) in [5, 5.41) is 3.74. The molecular formula is C11H14Cl2N2O2S. The van der Waals surface area contributed by atoms with Crippen LogP contribution in [0, 0.1) is 0 Å². The van der Waals surface area contributed by atoms with E-state index in [1.807, 2.05) is 6.92 Å². The van der Waals surface area contributed by atoms with E-state index in [0.717, 1.165) is 13.0 Å². The number of benzene rings is 1. The monoisotopic (exact) mass is 308 g/mol. The van der Waals surface area contributed by atoms with Gasteiger partial charge in [-0.3, -0.25) is 0 Å². The van der Waals surface area contributed by atoms with Crippen LogP contribution in [0.15, 0.2) is 23.1 Å². The normalized spacial score (nSPS) is 24.4. The van der Waals surface area contributed by atoms with Gasteiger partial charge in [0.15, 0.2) is 0 Å². The zero-order valence-electron chi connectivity index (χ0n) is 9.83. The molecule has 1 fully saturated rings. The van der Waals surface area contributed by atoms with Crippen molar-refractivity contribution in [2.45, 2.75) is 23.8 Å². The number of nitrogens with one attached hydrogen (secondary N) is 2. The van der Waals surface area contributed by atoms with Crippen LogP contribution in [0.25, 0.3) is 0 Å². The molecule has 1 saturated heterocycles. The van der Waals surface area contributed by atoms with Crippen LogP contribution in [0.4, 0.5) is 0 Å². The summed E-state index contributed by atoms with van der Waals surface area (Å²) in [6.45, 7) is 3.28. The SMILES string of the molecule is CC1(NS(=O)(=O)c2cc(Cl)cc(Cl)c2)CCNC1. The molecular weight excluding hydrogens is 295 g/mol. The second-order valence-electron chi connectivity index (χ2n) is 4.70. The van der Waals surface area contributed by atoms with Crippen LogP contribution in [0.5, 0.6) is 0 Å². The minimum absolute atomic E-state index is 0.0909. The van der Waals surface area contributed by atoms with Gasteiger partial charge in [-0.05, 0) is 38.1 Å². The summed E-state index contributed by atoms with van der Waals surface area (Å²) in [6, 6.07) is 4.28. The van der Waals surface area contributed by atoms with Gasteiger partial charge < -0.3 is 5.32 Å². The van der Waals surface area contributed by atoms with Crippen molar-refractivity contribution in [1.82, 2.24) is 10.0 Å². The number of sulfonamides is 1. The van der Waals surface area contributed by atoms with Crippen molar-refractivity contribution in [2.24, 2.45) is 0 Å². The quantitative estimate of drug-likeness (QED) is 0.898. The lowest BCUT2D eigenvalue weighted by molar-refractivity contribution is 0.452. The number of halogens is 2. The maximum Gasteiger partial charge on any atom is 0.241 e. The number of rotatable bonds is 3. The van der Waals surface area contributed by atoms with Gasteiger partial charge in [0.2, 0.25) is 10.0 Å². The summed E-state index contributed by atoms with van der Waals surface area (Å²) in [5.41, 5.74) is -0.465. The van der Waals surface area contributed by atoms with Crippen LogP contribution in [-0.2, 0) is 10.0 Å². The highest BCUT2D eigenvalue weighted by Gasteiger charge is 2.33. The molecule has 1 aromatic rings. The molecule has 0 spiro atoms. The molecule has 1 aliphatic rings. The molecule has 2 N–H and O–H groups in total. The van der Waals surface area contributed by atoms with Gasteiger partial charge in [-0.2, -0.15) is 0 Å². The molecule has 1 unspecified atom stereocenters. The van der Waals surface area contributed by atoms with Gasteiger partial charge in [-0.1, -0.05) is 23.2 Å². The smallest absolute Gasteiger partial charge is 0.241 e. The molecule has 0 bridgehead atoms. The maximum atomic E-state index is 12.2. The Morgan fingerprint density at radius 1 is 1.28 bits per heavy atom. The molecule has 2 rings (SSSR count). The molecule has 0 amide bonds. The largest absolute Gasteiger partial charge is 0.315 e. The van der Waals surface area contributed by atoms with E-state index in [4.69, 9.17) is 23.2 Å². The van der Waals surface area contributed by atoms with Crippen molar-refractivity contribution in [1.29, 1.82) is 0 Å². The van der Waals surface area contributed by atoms with Crippen molar-refractivity contribution in [3.8, 4) is 0 Å². The minimum atomic E-state index is -3.61. The second-order valence-corrected chi connectivity index (χ2v) is 7.25. The molecule has 1 aromatic carbocycles. The highest BCUT2D eigenvalue weighted by atomic mass is 35.5. The van der Waals surface area contributed by atoms with Crippen molar-refractivity contribution >= 4 is 33.2 Å². The predicted molar refractivity (Wildman–Crippen MR) is 72.7 cm³/mol. The Morgan fingerprint density at radius 3 is 2.39 bits per heavy atom. The van der Waals surface area contributed by atoms with Crippen LogP contribution in [0.3, 0.4) is 0 Å². The molecule has 18 heavy (non-hydrogen) atoms. The molecule has 0 aromatic heterocycles. The molecule has 1 atom stereocenters. The maximum absolute atomic E-state index is 12.2. The Bertz CT molecular complexity index is 534. The summed E-state index contributed by atoms with van der Waals surface area (Å²) in [7, 11) is -3.61. The van der Waals surface area contributed by atoms with E-state index in [9.17, 15) is 8.42 Å². The lowest BCUT2D eigenvalue weighted by atomic mass is 10.0. The fourth-order valence-corrected chi connectivity index (χ4v) is 4.13. The van der Waals surface area contributed by atoms with E-state index in [2.05, 4.69) is 10.0 Å². The fourth-order valence-electron chi connectivity index (χ4n) is 1.97. The Balaban J connectivity index is 2.30. The third-order valence-corrected chi connectivity index (χ3v) is 4.95. The first-order valence-corrected chi connectivity index (χ1v) is 7.75. The average Bonchev–Trinajstić information content (AvgIpc) is 2.62. The average molecular weight is 309 g/mol. The Kier molecular flexibility index (Phi) is 3.90. The summed E-state index contributed by atoms with van der Waals surface area (Å²) >= 11 is 11.6. The lowest BCUT2D eigenvalue weighted by Gasteiger charge is -2.24. The van der Waals surface area contributed by atoms with Crippen molar-refractivity contribution in [2.75, 3.05) is 13.1 Å². The molecule has 1 heterocycles. The molecule has 0 radical (unpaired) electrons. The zero-order valence-corrected chi connectivity index (χ0v) is 12.2. The van der Waals surface area contributed by atoms with Gasteiger partial charge in [0, 0.05) is 22.1 Å². The molecule has 100 valence electrons. The second kappa shape index (κ2) is 4.98. The van der Waals surface area contributed by atoms with Crippen LogP contribution in [0.2, 0.25) is 10.0 Å². The number of hydrogen-bond donors (Lipinski definition) is 2. The van der Waals surface area contributed by atoms with Gasteiger partial charge in [0.05, 0.1) is 4.90 Å². The predicted octanol–water partition coefficient (Wildman–Crippen LogP) is 2.02. The van der Waals surface area contributed by atoms with Gasteiger partial charge in [-0.25, -0.2) is 13.1 Å². The molecule has 0 saturated carbocycles. The van der Waals surface area contributed by atoms with Crippen molar-refractivity contribution in [3.63, 3.8) is 0 Å². The highest BCUT2D eigenvalue weighted by Crippen LogP contribution is 2.24. The first kappa shape index (κ1) is 14.1. The Hall–Kier alpha value is -0.330. The van der Waals surface area contributed by atoms with E-state index < -0.39 is 15.6 Å². The van der Waals surface area contributed by atoms with Crippen LogP contribution >= 0.6 is 23.2 Å². The topological polar surface area (TPSA) is 58.2 Å². The molecule has 7 heteroatoms. The van der Waals surface area contributed by atoms with Gasteiger partial charge in [-0.15, -0.1) is 0 Å². The standard InChI is InChI=1S/C11H14Cl2N2O2S/c1-11(2-3-14-7-11)15-18(16,17)10-5-8(12)4-9(13)6-10/h4-6,14-15H,2-3,7H2,1H3. The summed E-state index contributed by atoms with van der Waals surface area (Å²) in [6.07, 6.45) is 0.751. The van der Waals surface area contributed by atoms with Gasteiger partial charge in [0.1, 0.15) is 0 Å². The van der Waals surface area contributed by atoms with E-state index in [-0.39, 0.29) is 4.90 Å². The van der Waals surface area contributed by atoms with E-state index >= 15 is 0 Å². The first-order chi connectivity index (χ1) is 8.31. The van der Waals surface area contributed by atoms with Crippen molar-refractivity contribution in [3.05, 3.63) is 28.2 Å². The first-order valence-electron chi connectivity index (χ1n) is 5.52. The third-order valence-electron chi connectivity index (χ3n) is 2.90. The summed E-state index contributed by atoms with van der Waals surface area (Å²) in [4.78, 5) is 0.0909. The molecule has 0 aliphatic carbocycles. The van der Waals surface area contributed by atoms with Crippen LogP contribution in [0.1, 0.15) is 13.3 Å². The lowest BCUT2D eigenvalue weighted by Crippen LogP contribution is -2.47. The van der Waals surface area contributed by atoms with Crippen LogP contribution < -0.4 is 10.0 Å². The van der Waals surface area contributed by atoms with E-state index in [0.29, 0.717) is 16.6 Å². The third kappa shape index (κ3) is 3.16. The molecule has 1 aliphatic heterocycles.